The van der Waals surface area contributed by atoms with Crippen molar-refractivity contribution in [2.24, 2.45) is 0 Å². The van der Waals surface area contributed by atoms with Crippen LogP contribution in [0.25, 0.3) is 11.0 Å². The molecule has 0 bridgehead atoms. The third kappa shape index (κ3) is 3.64. The number of ether oxygens (including phenoxy) is 1. The minimum Gasteiger partial charge on any atom is -0.472 e. The number of fused-ring (bicyclic) bond motifs is 2. The largest absolute Gasteiger partial charge is 0.472 e. The summed E-state index contributed by atoms with van der Waals surface area (Å²) in [6, 6.07) is 17.4. The summed E-state index contributed by atoms with van der Waals surface area (Å²) in [7, 11) is 0. The third-order valence-electron chi connectivity index (χ3n) is 6.03. The molecule has 1 aliphatic rings. The number of benzene rings is 3. The maximum atomic E-state index is 12.8. The van der Waals surface area contributed by atoms with Gasteiger partial charge < -0.3 is 14.1 Å². The van der Waals surface area contributed by atoms with Gasteiger partial charge in [0.2, 0.25) is 0 Å². The average Bonchev–Trinajstić information content (AvgIpc) is 2.80. The first-order valence-electron chi connectivity index (χ1n) is 10.4. The third-order valence-corrected chi connectivity index (χ3v) is 6.59. The molecule has 0 aliphatic carbocycles. The Labute approximate surface area is 195 Å². The maximum absolute atomic E-state index is 12.8. The summed E-state index contributed by atoms with van der Waals surface area (Å²) < 4.78 is 11.9. The summed E-state index contributed by atoms with van der Waals surface area (Å²) in [5, 5.41) is 2.16. The predicted octanol–water partition coefficient (Wildman–Crippen LogP) is 6.66. The van der Waals surface area contributed by atoms with Gasteiger partial charge in [-0.15, -0.1) is 0 Å². The second kappa shape index (κ2) is 8.19. The van der Waals surface area contributed by atoms with Crippen LogP contribution in [0.2, 0.25) is 10.0 Å². The topological polar surface area (TPSA) is 42.7 Å². The van der Waals surface area contributed by atoms with E-state index < -0.39 is 0 Å². The molecule has 0 unspecified atom stereocenters. The number of halogens is 2. The highest BCUT2D eigenvalue weighted by atomic mass is 35.5. The Morgan fingerprint density at radius 1 is 1.00 bits per heavy atom. The fourth-order valence-corrected chi connectivity index (χ4v) is 4.73. The zero-order valence-corrected chi connectivity index (χ0v) is 19.3. The molecule has 5 rings (SSSR count). The van der Waals surface area contributed by atoms with Gasteiger partial charge in [0.15, 0.2) is 6.73 Å². The standard InChI is InChI=1S/C26H21Cl2NO3/c1-15-20-11-18-13-29(23-12-19(27)8-9-22(23)28)14-31-24(18)16(2)25(20)32-26(30)21(15)10-17-6-4-3-5-7-17/h3-9,11-12H,10,13-14H2,1-2H3. The molecule has 0 fully saturated rings. The first-order chi connectivity index (χ1) is 15.4. The Bertz CT molecular complexity index is 1400. The Hall–Kier alpha value is -2.95. The van der Waals surface area contributed by atoms with Crippen molar-refractivity contribution in [1.82, 2.24) is 0 Å². The van der Waals surface area contributed by atoms with Crippen LogP contribution in [0.15, 0.2) is 63.8 Å². The normalized spacial score (nSPS) is 13.2. The molecular formula is C26H21Cl2NO3. The predicted molar refractivity (Wildman–Crippen MR) is 129 cm³/mol. The van der Waals surface area contributed by atoms with Crippen LogP contribution in [-0.4, -0.2) is 6.73 Å². The molecule has 6 heteroatoms. The lowest BCUT2D eigenvalue weighted by atomic mass is 9.96. The van der Waals surface area contributed by atoms with Crippen molar-refractivity contribution in [2.45, 2.75) is 26.8 Å². The zero-order chi connectivity index (χ0) is 22.4. The van der Waals surface area contributed by atoms with Crippen molar-refractivity contribution in [1.29, 1.82) is 0 Å². The summed E-state index contributed by atoms with van der Waals surface area (Å²) in [5.41, 5.74) is 5.63. The zero-order valence-electron chi connectivity index (χ0n) is 17.7. The minimum absolute atomic E-state index is 0.301. The van der Waals surface area contributed by atoms with E-state index in [9.17, 15) is 4.79 Å². The molecule has 32 heavy (non-hydrogen) atoms. The van der Waals surface area contributed by atoms with Gasteiger partial charge in [0, 0.05) is 40.1 Å². The number of rotatable bonds is 3. The second-order valence-electron chi connectivity index (χ2n) is 8.09. The highest BCUT2D eigenvalue weighted by molar-refractivity contribution is 6.35. The Morgan fingerprint density at radius 2 is 1.78 bits per heavy atom. The highest BCUT2D eigenvalue weighted by Crippen LogP contribution is 2.39. The summed E-state index contributed by atoms with van der Waals surface area (Å²) in [6.45, 7) is 4.86. The maximum Gasteiger partial charge on any atom is 0.340 e. The van der Waals surface area contributed by atoms with Gasteiger partial charge in [-0.05, 0) is 49.2 Å². The summed E-state index contributed by atoms with van der Waals surface area (Å²) in [5.74, 6) is 0.755. The van der Waals surface area contributed by atoms with E-state index >= 15 is 0 Å². The molecule has 3 aromatic carbocycles. The van der Waals surface area contributed by atoms with Crippen LogP contribution in [0.3, 0.4) is 0 Å². The molecule has 162 valence electrons. The number of hydrogen-bond donors (Lipinski definition) is 0. The first kappa shape index (κ1) is 20.9. The lowest BCUT2D eigenvalue weighted by Gasteiger charge is -2.32. The van der Waals surface area contributed by atoms with Crippen LogP contribution < -0.4 is 15.3 Å². The molecule has 0 radical (unpaired) electrons. The number of hydrogen-bond acceptors (Lipinski definition) is 4. The molecule has 1 aliphatic heterocycles. The van der Waals surface area contributed by atoms with E-state index in [1.54, 1.807) is 12.1 Å². The van der Waals surface area contributed by atoms with E-state index in [-0.39, 0.29) is 5.63 Å². The van der Waals surface area contributed by atoms with Gasteiger partial charge in [0.25, 0.3) is 0 Å². The van der Waals surface area contributed by atoms with Crippen molar-refractivity contribution < 1.29 is 9.15 Å². The fourth-order valence-electron chi connectivity index (χ4n) is 4.33. The van der Waals surface area contributed by atoms with Crippen molar-refractivity contribution in [2.75, 3.05) is 11.6 Å². The van der Waals surface area contributed by atoms with Crippen molar-refractivity contribution in [3.63, 3.8) is 0 Å². The van der Waals surface area contributed by atoms with E-state index in [0.717, 1.165) is 39.1 Å². The molecule has 4 aromatic rings. The lowest BCUT2D eigenvalue weighted by molar-refractivity contribution is 0.287. The Balaban J connectivity index is 1.60. The lowest BCUT2D eigenvalue weighted by Crippen LogP contribution is -2.32. The van der Waals surface area contributed by atoms with Crippen LogP contribution in [-0.2, 0) is 13.0 Å². The quantitative estimate of drug-likeness (QED) is 0.317. The fraction of sp³-hybridized carbons (Fsp3) is 0.192. The summed E-state index contributed by atoms with van der Waals surface area (Å²) in [4.78, 5) is 14.9. The Morgan fingerprint density at radius 3 is 2.56 bits per heavy atom. The van der Waals surface area contributed by atoms with Gasteiger partial charge in [-0.1, -0.05) is 53.5 Å². The number of anilines is 1. The molecular weight excluding hydrogens is 445 g/mol. The van der Waals surface area contributed by atoms with E-state index in [0.29, 0.717) is 40.9 Å². The monoisotopic (exact) mass is 465 g/mol. The average molecular weight is 466 g/mol. The number of aryl methyl sites for hydroxylation is 2. The van der Waals surface area contributed by atoms with Gasteiger partial charge in [0.1, 0.15) is 11.3 Å². The van der Waals surface area contributed by atoms with Crippen LogP contribution in [0.4, 0.5) is 5.69 Å². The second-order valence-corrected chi connectivity index (χ2v) is 8.93. The van der Waals surface area contributed by atoms with Gasteiger partial charge >= 0.3 is 5.63 Å². The van der Waals surface area contributed by atoms with Crippen LogP contribution in [0.1, 0.15) is 27.8 Å². The SMILES string of the molecule is Cc1c(Cc2ccccc2)c(=O)oc2c(C)c3c(cc12)CN(c1cc(Cl)ccc1Cl)CO3. The molecule has 0 spiro atoms. The van der Waals surface area contributed by atoms with Crippen molar-refractivity contribution >= 4 is 39.9 Å². The van der Waals surface area contributed by atoms with Gasteiger partial charge in [-0.2, -0.15) is 0 Å². The van der Waals surface area contributed by atoms with Crippen LogP contribution in [0.5, 0.6) is 5.75 Å². The van der Waals surface area contributed by atoms with E-state index in [1.807, 2.05) is 55.1 Å². The van der Waals surface area contributed by atoms with Crippen molar-refractivity contribution in [3.8, 4) is 5.75 Å². The molecule has 0 saturated heterocycles. The molecule has 0 atom stereocenters. The first-order valence-corrected chi connectivity index (χ1v) is 11.1. The molecule has 1 aromatic heterocycles. The van der Waals surface area contributed by atoms with Crippen molar-refractivity contribution in [3.05, 3.63) is 103 Å². The highest BCUT2D eigenvalue weighted by Gasteiger charge is 2.25. The van der Waals surface area contributed by atoms with Crippen LogP contribution >= 0.6 is 23.2 Å². The molecule has 2 heterocycles. The smallest absolute Gasteiger partial charge is 0.340 e. The van der Waals surface area contributed by atoms with Gasteiger partial charge in [0.05, 0.1) is 10.7 Å². The van der Waals surface area contributed by atoms with Gasteiger partial charge in [-0.3, -0.25) is 0 Å². The van der Waals surface area contributed by atoms with E-state index in [2.05, 4.69) is 6.07 Å². The summed E-state index contributed by atoms with van der Waals surface area (Å²) in [6.07, 6.45) is 0.530. The Kier molecular flexibility index (Phi) is 5.36. The molecule has 4 nitrogen and oxygen atoms in total. The summed E-state index contributed by atoms with van der Waals surface area (Å²) >= 11 is 12.6. The number of nitrogens with zero attached hydrogens (tertiary/aromatic N) is 1. The van der Waals surface area contributed by atoms with Crippen LogP contribution in [0, 0.1) is 13.8 Å². The molecule has 0 amide bonds. The van der Waals surface area contributed by atoms with E-state index in [1.165, 1.54) is 0 Å². The minimum atomic E-state index is -0.301. The molecule has 0 saturated carbocycles. The van der Waals surface area contributed by atoms with E-state index in [4.69, 9.17) is 32.4 Å². The van der Waals surface area contributed by atoms with Gasteiger partial charge in [-0.25, -0.2) is 4.79 Å². The molecule has 0 N–H and O–H groups in total.